The van der Waals surface area contributed by atoms with Crippen LogP contribution in [0.5, 0.6) is 0 Å². The predicted molar refractivity (Wildman–Crippen MR) is 98.7 cm³/mol. The van der Waals surface area contributed by atoms with Crippen LogP contribution in [0.25, 0.3) is 17.0 Å². The van der Waals surface area contributed by atoms with Crippen molar-refractivity contribution in [2.45, 2.75) is 26.2 Å². The number of para-hydroxylation sites is 1. The summed E-state index contributed by atoms with van der Waals surface area (Å²) < 4.78 is 5.41. The number of carbonyl (C=O) groups excluding carboxylic acids is 1. The molecule has 0 saturated carbocycles. The number of aryl methyl sites for hydroxylation is 1. The van der Waals surface area contributed by atoms with E-state index in [4.69, 9.17) is 4.42 Å². The van der Waals surface area contributed by atoms with Gasteiger partial charge in [0.05, 0.1) is 10.9 Å². The van der Waals surface area contributed by atoms with Crippen molar-refractivity contribution in [2.75, 3.05) is 5.32 Å². The molecule has 3 aromatic rings. The molecule has 1 N–H and O–H groups in total. The number of nitrogens with one attached hydrogen (secondary N) is 1. The lowest BCUT2D eigenvalue weighted by atomic mass is 10.1. The van der Waals surface area contributed by atoms with Crippen LogP contribution in [0.2, 0.25) is 0 Å². The van der Waals surface area contributed by atoms with Crippen LogP contribution >= 0.6 is 11.3 Å². The van der Waals surface area contributed by atoms with Crippen molar-refractivity contribution in [3.05, 3.63) is 57.4 Å². The minimum Gasteiger partial charge on any atom is -0.463 e. The fourth-order valence-corrected chi connectivity index (χ4v) is 3.04. The number of anilines is 1. The molecule has 1 aromatic carbocycles. The van der Waals surface area contributed by atoms with Crippen molar-refractivity contribution in [3.8, 4) is 0 Å². The molecule has 0 radical (unpaired) electrons. The van der Waals surface area contributed by atoms with E-state index in [1.165, 1.54) is 29.8 Å². The summed E-state index contributed by atoms with van der Waals surface area (Å²) in [5.41, 5.74) is 0.654. The average molecular weight is 355 g/mol. The Morgan fingerprint density at radius 1 is 1.32 bits per heavy atom. The first kappa shape index (κ1) is 17.0. The molecule has 7 heteroatoms. The maximum absolute atomic E-state index is 12.3. The standard InChI is InChI=1S/C18H17N3O3S/c1-2-3-8-16-20-21-18(25-16)19-15(22)10-9-12-11-24-14-7-5-4-6-13(14)17(12)23/h4-7,9-11H,2-3,8H2,1H3,(H,19,21,22)/b10-9+. The normalized spacial score (nSPS) is 11.2. The van der Waals surface area contributed by atoms with Gasteiger partial charge in [0, 0.05) is 12.5 Å². The third-order valence-corrected chi connectivity index (χ3v) is 4.46. The van der Waals surface area contributed by atoms with Gasteiger partial charge >= 0.3 is 0 Å². The van der Waals surface area contributed by atoms with E-state index in [9.17, 15) is 9.59 Å². The molecule has 0 aliphatic carbocycles. The van der Waals surface area contributed by atoms with Gasteiger partial charge in [-0.05, 0) is 24.6 Å². The van der Waals surface area contributed by atoms with Gasteiger partial charge in [0.15, 0.2) is 5.43 Å². The van der Waals surface area contributed by atoms with E-state index in [0.29, 0.717) is 21.7 Å². The maximum Gasteiger partial charge on any atom is 0.250 e. The highest BCUT2D eigenvalue weighted by atomic mass is 32.1. The van der Waals surface area contributed by atoms with Crippen LogP contribution in [-0.4, -0.2) is 16.1 Å². The first-order chi connectivity index (χ1) is 12.2. The van der Waals surface area contributed by atoms with Crippen LogP contribution in [0.3, 0.4) is 0 Å². The molecule has 0 bridgehead atoms. The summed E-state index contributed by atoms with van der Waals surface area (Å²) in [4.78, 5) is 24.3. The number of aromatic nitrogens is 2. The summed E-state index contributed by atoms with van der Waals surface area (Å²) in [7, 11) is 0. The third-order valence-electron chi connectivity index (χ3n) is 3.56. The van der Waals surface area contributed by atoms with Gasteiger partial charge in [-0.2, -0.15) is 0 Å². The molecule has 25 heavy (non-hydrogen) atoms. The summed E-state index contributed by atoms with van der Waals surface area (Å²) in [5, 5.41) is 12.5. The Morgan fingerprint density at radius 3 is 3.00 bits per heavy atom. The van der Waals surface area contributed by atoms with Crippen LogP contribution in [-0.2, 0) is 11.2 Å². The average Bonchev–Trinajstić information content (AvgIpc) is 3.07. The quantitative estimate of drug-likeness (QED) is 0.682. The number of fused-ring (bicyclic) bond motifs is 1. The molecule has 0 aliphatic heterocycles. The summed E-state index contributed by atoms with van der Waals surface area (Å²) in [6, 6.07) is 6.98. The molecule has 3 rings (SSSR count). The van der Waals surface area contributed by atoms with Crippen molar-refractivity contribution in [2.24, 2.45) is 0 Å². The van der Waals surface area contributed by atoms with Crippen LogP contribution < -0.4 is 10.7 Å². The Labute approximate surface area is 148 Å². The highest BCUT2D eigenvalue weighted by molar-refractivity contribution is 7.15. The molecule has 1 amide bonds. The van der Waals surface area contributed by atoms with Crippen LogP contribution in [0.15, 0.2) is 45.8 Å². The number of rotatable bonds is 6. The number of carbonyl (C=O) groups is 1. The maximum atomic E-state index is 12.3. The smallest absolute Gasteiger partial charge is 0.250 e. The summed E-state index contributed by atoms with van der Waals surface area (Å²) in [5.74, 6) is -0.370. The molecule has 6 nitrogen and oxygen atoms in total. The SMILES string of the molecule is CCCCc1nnc(NC(=O)/C=C/c2coc3ccccc3c2=O)s1. The van der Waals surface area contributed by atoms with Gasteiger partial charge in [0.25, 0.3) is 0 Å². The Hall–Kier alpha value is -2.80. The summed E-state index contributed by atoms with van der Waals surface area (Å²) >= 11 is 1.36. The van der Waals surface area contributed by atoms with Crippen LogP contribution in [0, 0.1) is 0 Å². The van der Waals surface area contributed by atoms with E-state index >= 15 is 0 Å². The zero-order valence-electron chi connectivity index (χ0n) is 13.7. The summed E-state index contributed by atoms with van der Waals surface area (Å²) in [6.07, 6.45) is 7.06. The topological polar surface area (TPSA) is 85.1 Å². The molecule has 0 saturated heterocycles. The first-order valence-corrected chi connectivity index (χ1v) is 8.81. The van der Waals surface area contributed by atoms with Gasteiger partial charge in [-0.3, -0.25) is 14.9 Å². The monoisotopic (exact) mass is 355 g/mol. The van der Waals surface area contributed by atoms with Crippen molar-refractivity contribution in [1.82, 2.24) is 10.2 Å². The molecule has 0 unspecified atom stereocenters. The van der Waals surface area contributed by atoms with E-state index in [1.54, 1.807) is 24.3 Å². The minimum atomic E-state index is -0.370. The zero-order chi connectivity index (χ0) is 17.6. The first-order valence-electron chi connectivity index (χ1n) is 7.99. The van der Waals surface area contributed by atoms with Gasteiger partial charge < -0.3 is 4.42 Å². The van der Waals surface area contributed by atoms with E-state index in [1.807, 2.05) is 0 Å². The van der Waals surface area contributed by atoms with Crippen LogP contribution in [0.4, 0.5) is 5.13 Å². The molecule has 2 aromatic heterocycles. The van der Waals surface area contributed by atoms with E-state index in [2.05, 4.69) is 22.4 Å². The Balaban J connectivity index is 1.69. The molecular formula is C18H17N3O3S. The third kappa shape index (κ3) is 4.19. The van der Waals surface area contributed by atoms with Gasteiger partial charge in [0.1, 0.15) is 16.9 Å². The highest BCUT2D eigenvalue weighted by Crippen LogP contribution is 2.17. The fourth-order valence-electron chi connectivity index (χ4n) is 2.25. The van der Waals surface area contributed by atoms with Gasteiger partial charge in [0.2, 0.25) is 11.0 Å². The van der Waals surface area contributed by atoms with Gasteiger partial charge in [-0.15, -0.1) is 10.2 Å². The second-order valence-electron chi connectivity index (χ2n) is 5.44. The Bertz CT molecular complexity index is 975. The molecule has 128 valence electrons. The molecule has 0 atom stereocenters. The number of hydrogen-bond acceptors (Lipinski definition) is 6. The van der Waals surface area contributed by atoms with Crippen molar-refractivity contribution < 1.29 is 9.21 Å². The molecule has 2 heterocycles. The number of benzene rings is 1. The van der Waals surface area contributed by atoms with E-state index in [0.717, 1.165) is 24.3 Å². The number of amides is 1. The summed E-state index contributed by atoms with van der Waals surface area (Å²) in [6.45, 7) is 2.11. The number of hydrogen-bond donors (Lipinski definition) is 1. The Kier molecular flexibility index (Phi) is 5.35. The minimum absolute atomic E-state index is 0.177. The predicted octanol–water partition coefficient (Wildman–Crippen LogP) is 3.64. The second kappa shape index (κ2) is 7.85. The Morgan fingerprint density at radius 2 is 2.16 bits per heavy atom. The van der Waals surface area contributed by atoms with Gasteiger partial charge in [-0.1, -0.05) is 36.8 Å². The second-order valence-corrected chi connectivity index (χ2v) is 6.51. The van der Waals surface area contributed by atoms with E-state index < -0.39 is 0 Å². The largest absolute Gasteiger partial charge is 0.463 e. The fraction of sp³-hybridized carbons (Fsp3) is 0.222. The van der Waals surface area contributed by atoms with Crippen molar-refractivity contribution in [3.63, 3.8) is 0 Å². The highest BCUT2D eigenvalue weighted by Gasteiger charge is 2.07. The molecule has 0 fully saturated rings. The lowest BCUT2D eigenvalue weighted by molar-refractivity contribution is -0.111. The molecule has 0 aliphatic rings. The van der Waals surface area contributed by atoms with Gasteiger partial charge in [-0.25, -0.2) is 0 Å². The van der Waals surface area contributed by atoms with Crippen LogP contribution in [0.1, 0.15) is 30.3 Å². The lowest BCUT2D eigenvalue weighted by Gasteiger charge is -1.98. The zero-order valence-corrected chi connectivity index (χ0v) is 14.5. The van der Waals surface area contributed by atoms with Crippen molar-refractivity contribution >= 4 is 39.4 Å². The molecule has 0 spiro atoms. The number of nitrogens with zero attached hydrogens (tertiary/aromatic N) is 2. The lowest BCUT2D eigenvalue weighted by Crippen LogP contribution is -2.09. The molecular weight excluding hydrogens is 338 g/mol. The van der Waals surface area contributed by atoms with E-state index in [-0.39, 0.29) is 11.3 Å². The number of unbranched alkanes of at least 4 members (excludes halogenated alkanes) is 1. The van der Waals surface area contributed by atoms with Crippen molar-refractivity contribution in [1.29, 1.82) is 0 Å².